The van der Waals surface area contributed by atoms with Crippen LogP contribution in [0.3, 0.4) is 0 Å². The molecule has 0 spiro atoms. The van der Waals surface area contributed by atoms with E-state index in [0.717, 1.165) is 27.9 Å². The molecule has 0 bridgehead atoms. The number of rotatable bonds is 9. The van der Waals surface area contributed by atoms with Crippen LogP contribution >= 0.6 is 11.8 Å². The van der Waals surface area contributed by atoms with E-state index in [4.69, 9.17) is 4.74 Å². The van der Waals surface area contributed by atoms with Gasteiger partial charge in [0.25, 0.3) is 5.91 Å². The van der Waals surface area contributed by atoms with Crippen LogP contribution in [0.4, 0.5) is 10.5 Å². The summed E-state index contributed by atoms with van der Waals surface area (Å²) in [6.45, 7) is 11.1. The Balaban J connectivity index is 2.42. The molecule has 2 unspecified atom stereocenters. The van der Waals surface area contributed by atoms with E-state index >= 15 is 0 Å². The molecule has 0 aliphatic heterocycles. The molecular weight excluding hydrogens is 474 g/mol. The normalized spacial score (nSPS) is 12.9. The van der Waals surface area contributed by atoms with Crippen LogP contribution in [0.25, 0.3) is 0 Å². The summed E-state index contributed by atoms with van der Waals surface area (Å²) in [5.41, 5.74) is 3.51. The molecule has 3 amide bonds. The van der Waals surface area contributed by atoms with Crippen LogP contribution in [0.1, 0.15) is 55.5 Å². The van der Waals surface area contributed by atoms with Gasteiger partial charge in [0.05, 0.1) is 0 Å². The van der Waals surface area contributed by atoms with E-state index in [1.54, 1.807) is 39.6 Å². The molecule has 196 valence electrons. The van der Waals surface area contributed by atoms with Crippen molar-refractivity contribution in [3.05, 3.63) is 64.7 Å². The van der Waals surface area contributed by atoms with Gasteiger partial charge in [0.15, 0.2) is 0 Å². The Morgan fingerprint density at radius 2 is 1.56 bits per heavy atom. The summed E-state index contributed by atoms with van der Waals surface area (Å²) in [6, 6.07) is 11.6. The smallest absolute Gasteiger partial charge is 0.408 e. The Kier molecular flexibility index (Phi) is 10.4. The van der Waals surface area contributed by atoms with Gasteiger partial charge in [-0.25, -0.2) is 4.79 Å². The van der Waals surface area contributed by atoms with Gasteiger partial charge in [0.1, 0.15) is 17.7 Å². The van der Waals surface area contributed by atoms with Crippen molar-refractivity contribution in [3.63, 3.8) is 0 Å². The molecule has 2 rings (SSSR count). The highest BCUT2D eigenvalue weighted by Crippen LogP contribution is 2.28. The van der Waals surface area contributed by atoms with Gasteiger partial charge in [0.2, 0.25) is 5.91 Å². The van der Waals surface area contributed by atoms with Crippen molar-refractivity contribution in [3.8, 4) is 0 Å². The van der Waals surface area contributed by atoms with Gasteiger partial charge in [-0.15, -0.1) is 0 Å². The molecule has 0 heterocycles. The minimum Gasteiger partial charge on any atom is -0.444 e. The average Bonchev–Trinajstić information content (AvgIpc) is 2.78. The number of benzene rings is 2. The predicted octanol–water partition coefficient (Wildman–Crippen LogP) is 5.40. The maximum absolute atomic E-state index is 13.7. The number of alkyl carbamates (subject to hydrolysis) is 1. The first-order valence-corrected chi connectivity index (χ1v) is 13.4. The third kappa shape index (κ3) is 8.01. The summed E-state index contributed by atoms with van der Waals surface area (Å²) in [6.07, 6.45) is 1.68. The number of hydrogen-bond donors (Lipinski definition) is 2. The van der Waals surface area contributed by atoms with Crippen molar-refractivity contribution in [2.24, 2.45) is 0 Å². The molecule has 36 heavy (non-hydrogen) atoms. The highest BCUT2D eigenvalue weighted by Gasteiger charge is 2.34. The fraction of sp³-hybridized carbons (Fsp3) is 0.464. The Labute approximate surface area is 219 Å². The van der Waals surface area contributed by atoms with E-state index in [2.05, 4.69) is 10.6 Å². The number of thioether (sulfide) groups is 1. The molecule has 0 fully saturated rings. The summed E-state index contributed by atoms with van der Waals surface area (Å²) in [4.78, 5) is 41.4. The van der Waals surface area contributed by atoms with Crippen LogP contribution in [0.2, 0.25) is 0 Å². The topological polar surface area (TPSA) is 87.7 Å². The van der Waals surface area contributed by atoms with Gasteiger partial charge in [-0.1, -0.05) is 42.5 Å². The highest BCUT2D eigenvalue weighted by atomic mass is 32.2. The molecule has 0 radical (unpaired) electrons. The first-order valence-electron chi connectivity index (χ1n) is 12.0. The fourth-order valence-corrected chi connectivity index (χ4v) is 4.41. The Hall–Kier alpha value is -3.00. The van der Waals surface area contributed by atoms with Gasteiger partial charge in [-0.05, 0) is 82.2 Å². The second kappa shape index (κ2) is 12.8. The standard InChI is InChI=1S/C28H39N3O4S/c1-18-12-9-10-15-21(18)24(25(32)30-23-19(2)13-11-14-20(23)3)31(7)26(33)22(16-17-36-8)29-27(34)35-28(4,5)6/h9-15,22,24H,16-17H2,1-8H3,(H,29,34)(H,30,32). The maximum Gasteiger partial charge on any atom is 0.408 e. The molecule has 0 saturated carbocycles. The van der Waals surface area contributed by atoms with E-state index in [9.17, 15) is 14.4 Å². The zero-order chi connectivity index (χ0) is 27.0. The quantitative estimate of drug-likeness (QED) is 0.469. The van der Waals surface area contributed by atoms with Crippen LogP contribution in [0, 0.1) is 20.8 Å². The number of ether oxygens (including phenoxy) is 1. The van der Waals surface area contributed by atoms with Gasteiger partial charge >= 0.3 is 6.09 Å². The van der Waals surface area contributed by atoms with Crippen LogP contribution < -0.4 is 10.6 Å². The molecule has 7 nitrogen and oxygen atoms in total. The second-order valence-electron chi connectivity index (χ2n) is 9.94. The van der Waals surface area contributed by atoms with Crippen molar-refractivity contribution >= 4 is 35.4 Å². The van der Waals surface area contributed by atoms with Crippen LogP contribution in [0.5, 0.6) is 0 Å². The number of hydrogen-bond acceptors (Lipinski definition) is 5. The second-order valence-corrected chi connectivity index (χ2v) is 10.9. The van der Waals surface area contributed by atoms with E-state index in [1.807, 2.05) is 69.5 Å². The number of aryl methyl sites for hydroxylation is 3. The number of carbonyl (C=O) groups excluding carboxylic acids is 3. The Bertz CT molecular complexity index is 1060. The SMILES string of the molecule is CSCCC(NC(=O)OC(C)(C)C)C(=O)N(C)C(C(=O)Nc1c(C)cccc1C)c1ccccc1C. The minimum absolute atomic E-state index is 0.321. The summed E-state index contributed by atoms with van der Waals surface area (Å²) < 4.78 is 5.39. The molecular formula is C28H39N3O4S. The van der Waals surface area contributed by atoms with Crippen molar-refractivity contribution < 1.29 is 19.1 Å². The summed E-state index contributed by atoms with van der Waals surface area (Å²) in [5.74, 6) is -0.0257. The molecule has 8 heteroatoms. The van der Waals surface area contributed by atoms with Gasteiger partial charge in [-0.2, -0.15) is 11.8 Å². The van der Waals surface area contributed by atoms with Gasteiger partial charge < -0.3 is 20.3 Å². The highest BCUT2D eigenvalue weighted by molar-refractivity contribution is 7.98. The summed E-state index contributed by atoms with van der Waals surface area (Å²) in [7, 11) is 1.60. The molecule has 2 aromatic carbocycles. The van der Waals surface area contributed by atoms with Crippen molar-refractivity contribution in [2.75, 3.05) is 24.4 Å². The lowest BCUT2D eigenvalue weighted by Crippen LogP contribution is -2.51. The number of amides is 3. The van der Waals surface area contributed by atoms with Gasteiger partial charge in [0, 0.05) is 12.7 Å². The molecule has 0 aliphatic carbocycles. The zero-order valence-corrected chi connectivity index (χ0v) is 23.4. The lowest BCUT2D eigenvalue weighted by Gasteiger charge is -2.32. The molecule has 0 aliphatic rings. The van der Waals surface area contributed by atoms with Crippen LogP contribution in [-0.4, -0.2) is 53.5 Å². The number of nitrogens with zero attached hydrogens (tertiary/aromatic N) is 1. The molecule has 2 atom stereocenters. The lowest BCUT2D eigenvalue weighted by molar-refractivity contribution is -0.139. The molecule has 2 N–H and O–H groups in total. The number of carbonyl (C=O) groups is 3. The van der Waals surface area contributed by atoms with Gasteiger partial charge in [-0.3, -0.25) is 9.59 Å². The summed E-state index contributed by atoms with van der Waals surface area (Å²) >= 11 is 1.58. The zero-order valence-electron chi connectivity index (χ0n) is 22.6. The van der Waals surface area contributed by atoms with Crippen molar-refractivity contribution in [2.45, 2.75) is 65.6 Å². The third-order valence-corrected chi connectivity index (χ3v) is 6.44. The Morgan fingerprint density at radius 3 is 2.11 bits per heavy atom. The van der Waals surface area contributed by atoms with E-state index in [1.165, 1.54) is 4.90 Å². The Morgan fingerprint density at radius 1 is 0.972 bits per heavy atom. The monoisotopic (exact) mass is 513 g/mol. The van der Waals surface area contributed by atoms with E-state index in [-0.39, 0.29) is 11.8 Å². The number of nitrogens with one attached hydrogen (secondary N) is 2. The van der Waals surface area contributed by atoms with E-state index < -0.39 is 23.8 Å². The number of anilines is 1. The lowest BCUT2D eigenvalue weighted by atomic mass is 9.98. The predicted molar refractivity (Wildman–Crippen MR) is 147 cm³/mol. The molecule has 0 aromatic heterocycles. The maximum atomic E-state index is 13.7. The average molecular weight is 514 g/mol. The van der Waals surface area contributed by atoms with E-state index in [0.29, 0.717) is 12.2 Å². The first-order chi connectivity index (χ1) is 16.9. The first kappa shape index (κ1) is 29.2. The minimum atomic E-state index is -0.894. The van der Waals surface area contributed by atoms with Crippen LogP contribution in [0.15, 0.2) is 42.5 Å². The molecule has 2 aromatic rings. The van der Waals surface area contributed by atoms with Crippen molar-refractivity contribution in [1.29, 1.82) is 0 Å². The van der Waals surface area contributed by atoms with Crippen LogP contribution in [-0.2, 0) is 14.3 Å². The third-order valence-electron chi connectivity index (χ3n) is 5.80. The summed E-state index contributed by atoms with van der Waals surface area (Å²) in [5, 5.41) is 5.76. The fourth-order valence-electron chi connectivity index (χ4n) is 3.94. The molecule has 0 saturated heterocycles. The van der Waals surface area contributed by atoms with Crippen molar-refractivity contribution in [1.82, 2.24) is 10.2 Å². The number of para-hydroxylation sites is 1. The number of likely N-dealkylation sites (N-methyl/N-ethyl adjacent to an activating group) is 1. The largest absolute Gasteiger partial charge is 0.444 e.